The highest BCUT2D eigenvalue weighted by molar-refractivity contribution is 6.30. The summed E-state index contributed by atoms with van der Waals surface area (Å²) < 4.78 is 44.1. The van der Waals surface area contributed by atoms with Crippen LogP contribution in [0.4, 0.5) is 19.0 Å². The van der Waals surface area contributed by atoms with E-state index in [4.69, 9.17) is 23.2 Å². The molecule has 6 nitrogen and oxygen atoms in total. The minimum Gasteiger partial charge on any atom is -0.352 e. The molecule has 1 saturated heterocycles. The van der Waals surface area contributed by atoms with Gasteiger partial charge in [-0.05, 0) is 54.3 Å². The Morgan fingerprint density at radius 3 is 2.38 bits per heavy atom. The van der Waals surface area contributed by atoms with E-state index in [2.05, 4.69) is 9.97 Å². The molecule has 2 aromatic heterocycles. The molecule has 1 aliphatic rings. The summed E-state index contributed by atoms with van der Waals surface area (Å²) in [5.41, 5.74) is -0.0980. The monoisotopic (exact) mass is 574 g/mol. The first-order chi connectivity index (χ1) is 18.6. The number of nitrogens with one attached hydrogen (secondary N) is 1. The normalized spacial score (nSPS) is 14.5. The molecule has 0 atom stereocenters. The molecule has 0 saturated carbocycles. The van der Waals surface area contributed by atoms with Crippen molar-refractivity contribution in [3.05, 3.63) is 104 Å². The van der Waals surface area contributed by atoms with Gasteiger partial charge in [-0.3, -0.25) is 9.59 Å². The van der Waals surface area contributed by atoms with Crippen molar-refractivity contribution >= 4 is 34.8 Å². The Balaban J connectivity index is 1.56. The Kier molecular flexibility index (Phi) is 7.55. The summed E-state index contributed by atoms with van der Waals surface area (Å²) in [4.78, 5) is 34.7. The molecule has 202 valence electrons. The number of anilines is 1. The third kappa shape index (κ3) is 5.74. The number of benzene rings is 2. The molecule has 0 bridgehead atoms. The molecule has 0 radical (unpaired) electrons. The van der Waals surface area contributed by atoms with Crippen LogP contribution < -0.4 is 10.5 Å². The number of rotatable bonds is 6. The summed E-state index contributed by atoms with van der Waals surface area (Å²) >= 11 is 12.1. The van der Waals surface area contributed by atoms with E-state index < -0.39 is 17.8 Å². The van der Waals surface area contributed by atoms with Gasteiger partial charge in [0, 0.05) is 53.6 Å². The van der Waals surface area contributed by atoms with Crippen LogP contribution in [-0.4, -0.2) is 33.4 Å². The number of piperidine rings is 1. The molecule has 1 N–H and O–H groups in total. The van der Waals surface area contributed by atoms with Gasteiger partial charge in [-0.15, -0.1) is 0 Å². The van der Waals surface area contributed by atoms with Crippen molar-refractivity contribution in [3.8, 4) is 11.1 Å². The van der Waals surface area contributed by atoms with Gasteiger partial charge in [-0.25, -0.2) is 4.98 Å². The number of H-pyrrole nitrogens is 1. The summed E-state index contributed by atoms with van der Waals surface area (Å²) in [5, 5.41) is 0.814. The van der Waals surface area contributed by atoms with E-state index in [-0.39, 0.29) is 35.0 Å². The number of halogens is 5. The maximum Gasteiger partial charge on any atom is 0.431 e. The van der Waals surface area contributed by atoms with Crippen molar-refractivity contribution < 1.29 is 18.0 Å². The van der Waals surface area contributed by atoms with Gasteiger partial charge in [0.25, 0.3) is 5.56 Å². The fourth-order valence-corrected chi connectivity index (χ4v) is 5.34. The Hall–Kier alpha value is -3.56. The maximum atomic E-state index is 14.4. The average molecular weight is 575 g/mol. The number of carbonyl (C=O) groups is 1. The molecule has 2 aromatic carbocycles. The molecule has 39 heavy (non-hydrogen) atoms. The van der Waals surface area contributed by atoms with Gasteiger partial charge in [-0.1, -0.05) is 47.5 Å². The highest BCUT2D eigenvalue weighted by Gasteiger charge is 2.40. The molecule has 0 amide bonds. The molecule has 1 aliphatic heterocycles. The molecular formula is C28H23Cl2F3N4O2. The van der Waals surface area contributed by atoms with Gasteiger partial charge in [0.1, 0.15) is 5.69 Å². The predicted octanol–water partition coefficient (Wildman–Crippen LogP) is 6.71. The minimum atomic E-state index is -4.71. The molecule has 5 rings (SSSR count). The predicted molar refractivity (Wildman–Crippen MR) is 145 cm³/mol. The molecular weight excluding hydrogens is 552 g/mol. The first-order valence-electron chi connectivity index (χ1n) is 12.3. The van der Waals surface area contributed by atoms with Crippen LogP contribution in [0, 0.1) is 5.92 Å². The SMILES string of the molecule is O=C(c1c(-c2ccc(Cl)cc2)cc(C(F)(F)F)n1Cc1cccc(Cl)c1)C1CCN(c2ncc[nH]c2=O)CC1. The van der Waals surface area contributed by atoms with Crippen LogP contribution in [0.25, 0.3) is 11.1 Å². The topological polar surface area (TPSA) is 71.0 Å². The number of aromatic nitrogens is 3. The number of aromatic amines is 1. The minimum absolute atomic E-state index is 0.0150. The fourth-order valence-electron chi connectivity index (χ4n) is 5.00. The number of hydrogen-bond donors (Lipinski definition) is 1. The lowest BCUT2D eigenvalue weighted by Crippen LogP contribution is -2.40. The first kappa shape index (κ1) is 27.0. The lowest BCUT2D eigenvalue weighted by atomic mass is 9.88. The van der Waals surface area contributed by atoms with Gasteiger partial charge < -0.3 is 14.5 Å². The Morgan fingerprint density at radius 2 is 1.74 bits per heavy atom. The van der Waals surface area contributed by atoms with Crippen LogP contribution in [0.2, 0.25) is 10.0 Å². The van der Waals surface area contributed by atoms with Crippen LogP contribution in [0.15, 0.2) is 71.8 Å². The van der Waals surface area contributed by atoms with E-state index in [0.29, 0.717) is 47.1 Å². The van der Waals surface area contributed by atoms with E-state index in [9.17, 15) is 22.8 Å². The van der Waals surface area contributed by atoms with Crippen molar-refractivity contribution in [1.82, 2.24) is 14.5 Å². The first-order valence-corrected chi connectivity index (χ1v) is 13.0. The smallest absolute Gasteiger partial charge is 0.352 e. The molecule has 0 spiro atoms. The second kappa shape index (κ2) is 10.9. The Morgan fingerprint density at radius 1 is 1.03 bits per heavy atom. The van der Waals surface area contributed by atoms with Gasteiger partial charge in [-0.2, -0.15) is 13.2 Å². The molecule has 3 heterocycles. The van der Waals surface area contributed by atoms with E-state index >= 15 is 0 Å². The maximum absolute atomic E-state index is 14.4. The third-order valence-corrected chi connectivity index (χ3v) is 7.35. The van der Waals surface area contributed by atoms with Crippen molar-refractivity contribution in [2.75, 3.05) is 18.0 Å². The van der Waals surface area contributed by atoms with Crippen molar-refractivity contribution in [1.29, 1.82) is 0 Å². The molecule has 1 fully saturated rings. The van der Waals surface area contributed by atoms with E-state index in [1.165, 1.54) is 12.4 Å². The average Bonchev–Trinajstić information content (AvgIpc) is 3.29. The quantitative estimate of drug-likeness (QED) is 0.260. The summed E-state index contributed by atoms with van der Waals surface area (Å²) in [6, 6.07) is 13.9. The molecule has 4 aromatic rings. The summed E-state index contributed by atoms with van der Waals surface area (Å²) in [6.07, 6.45) is -1.07. The summed E-state index contributed by atoms with van der Waals surface area (Å²) in [7, 11) is 0. The zero-order chi connectivity index (χ0) is 27.7. The lowest BCUT2D eigenvalue weighted by Gasteiger charge is -2.31. The van der Waals surface area contributed by atoms with E-state index in [0.717, 1.165) is 10.6 Å². The number of carbonyl (C=O) groups excluding carboxylic acids is 1. The van der Waals surface area contributed by atoms with E-state index in [1.54, 1.807) is 53.4 Å². The number of alkyl halides is 3. The van der Waals surface area contributed by atoms with Crippen LogP contribution in [-0.2, 0) is 12.7 Å². The Bertz CT molecular complexity index is 1560. The second-order valence-electron chi connectivity index (χ2n) is 9.38. The third-order valence-electron chi connectivity index (χ3n) is 6.86. The number of ketones is 1. The Labute approximate surface area is 232 Å². The molecule has 0 aliphatic carbocycles. The highest BCUT2D eigenvalue weighted by atomic mass is 35.5. The van der Waals surface area contributed by atoms with E-state index in [1.807, 2.05) is 0 Å². The van der Waals surface area contributed by atoms with Gasteiger partial charge in [0.05, 0.1) is 5.69 Å². The lowest BCUT2D eigenvalue weighted by molar-refractivity contribution is -0.143. The largest absolute Gasteiger partial charge is 0.431 e. The van der Waals surface area contributed by atoms with Gasteiger partial charge >= 0.3 is 6.18 Å². The van der Waals surface area contributed by atoms with Crippen molar-refractivity contribution in [2.45, 2.75) is 25.6 Å². The van der Waals surface area contributed by atoms with Crippen LogP contribution >= 0.6 is 23.2 Å². The van der Waals surface area contributed by atoms with Crippen molar-refractivity contribution in [2.24, 2.45) is 5.92 Å². The zero-order valence-corrected chi connectivity index (χ0v) is 22.0. The molecule has 0 unspecified atom stereocenters. The second-order valence-corrected chi connectivity index (χ2v) is 10.3. The highest BCUT2D eigenvalue weighted by Crippen LogP contribution is 2.39. The van der Waals surface area contributed by atoms with Gasteiger partial charge in [0.15, 0.2) is 11.6 Å². The summed E-state index contributed by atoms with van der Waals surface area (Å²) in [6.45, 7) is 0.550. The summed E-state index contributed by atoms with van der Waals surface area (Å²) in [5.74, 6) is -0.662. The fraction of sp³-hybridized carbons (Fsp3) is 0.250. The number of nitrogens with zero attached hydrogens (tertiary/aromatic N) is 3. The zero-order valence-electron chi connectivity index (χ0n) is 20.5. The number of Topliss-reactive ketones (excluding diaryl/α,β-unsaturated/α-hetero) is 1. The van der Waals surface area contributed by atoms with Crippen molar-refractivity contribution in [3.63, 3.8) is 0 Å². The van der Waals surface area contributed by atoms with Crippen LogP contribution in [0.1, 0.15) is 34.6 Å². The van der Waals surface area contributed by atoms with Crippen LogP contribution in [0.3, 0.4) is 0 Å². The van der Waals surface area contributed by atoms with Gasteiger partial charge in [0.2, 0.25) is 0 Å². The molecule has 11 heteroatoms. The van der Waals surface area contributed by atoms with Crippen LogP contribution in [0.5, 0.6) is 0 Å². The number of hydrogen-bond acceptors (Lipinski definition) is 4. The standard InChI is InChI=1S/C28H23Cl2F3N4O2/c29-20-6-4-18(5-7-20)22-15-23(28(31,32)33)37(16-17-2-1-3-21(30)14-17)24(22)25(38)19-8-12-36(13-9-19)26-27(39)35-11-10-34-26/h1-7,10-11,14-15,19H,8-9,12-13,16H2,(H,35,39).